The number of ether oxygens (including phenoxy) is 1. The predicted octanol–water partition coefficient (Wildman–Crippen LogP) is 2.29. The molecule has 5 nitrogen and oxygen atoms in total. The number of aryl methyl sites for hydroxylation is 1. The maximum absolute atomic E-state index is 12.3. The van der Waals surface area contributed by atoms with Gasteiger partial charge in [-0.3, -0.25) is 4.79 Å². The molecule has 1 aromatic heterocycles. The van der Waals surface area contributed by atoms with E-state index in [4.69, 9.17) is 4.74 Å². The van der Waals surface area contributed by atoms with E-state index in [1.165, 1.54) is 0 Å². The van der Waals surface area contributed by atoms with Crippen LogP contribution in [0.1, 0.15) is 52.9 Å². The zero-order chi connectivity index (χ0) is 14.6. The Morgan fingerprint density at radius 1 is 1.16 bits per heavy atom. The zero-order valence-corrected chi connectivity index (χ0v) is 12.3. The van der Waals surface area contributed by atoms with Gasteiger partial charge in [0.2, 0.25) is 0 Å². The van der Waals surface area contributed by atoms with Gasteiger partial charge in [-0.2, -0.15) is 0 Å². The SMILES string of the molecule is CCOC(=O)c1c(C)[nH]c(C(=O)N(CC)CC)c1C. The average Bonchev–Trinajstić information content (AvgIpc) is 2.66. The fraction of sp³-hybridized carbons (Fsp3) is 0.571. The largest absolute Gasteiger partial charge is 0.462 e. The molecule has 0 saturated heterocycles. The summed E-state index contributed by atoms with van der Waals surface area (Å²) in [5.74, 6) is -0.464. The van der Waals surface area contributed by atoms with Crippen molar-refractivity contribution in [2.24, 2.45) is 0 Å². The van der Waals surface area contributed by atoms with Crippen molar-refractivity contribution in [1.82, 2.24) is 9.88 Å². The number of aromatic nitrogens is 1. The zero-order valence-electron chi connectivity index (χ0n) is 12.3. The molecule has 1 rings (SSSR count). The molecule has 1 amide bonds. The van der Waals surface area contributed by atoms with E-state index in [0.29, 0.717) is 42.2 Å². The average molecular weight is 266 g/mol. The minimum absolute atomic E-state index is 0.0823. The molecule has 1 aromatic rings. The van der Waals surface area contributed by atoms with Crippen LogP contribution in [0.4, 0.5) is 0 Å². The van der Waals surface area contributed by atoms with Gasteiger partial charge in [-0.1, -0.05) is 0 Å². The Balaban J connectivity index is 3.15. The Morgan fingerprint density at radius 2 is 1.74 bits per heavy atom. The second-order valence-corrected chi connectivity index (χ2v) is 4.32. The third-order valence-corrected chi connectivity index (χ3v) is 3.18. The molecule has 5 heteroatoms. The summed E-state index contributed by atoms with van der Waals surface area (Å²) in [7, 11) is 0. The van der Waals surface area contributed by atoms with Gasteiger partial charge in [-0.15, -0.1) is 0 Å². The number of rotatable bonds is 5. The van der Waals surface area contributed by atoms with Crippen LogP contribution in [-0.4, -0.2) is 41.5 Å². The van der Waals surface area contributed by atoms with Gasteiger partial charge in [-0.05, 0) is 40.2 Å². The van der Waals surface area contributed by atoms with Crippen LogP contribution in [0.25, 0.3) is 0 Å². The van der Waals surface area contributed by atoms with E-state index < -0.39 is 0 Å². The number of H-pyrrole nitrogens is 1. The Morgan fingerprint density at radius 3 is 2.21 bits per heavy atom. The lowest BCUT2D eigenvalue weighted by atomic mass is 10.1. The lowest BCUT2D eigenvalue weighted by Gasteiger charge is -2.18. The standard InChI is InChI=1S/C14H22N2O3/c1-6-16(7-2)13(17)12-9(4)11(10(5)15-12)14(18)19-8-3/h15H,6-8H2,1-5H3. The maximum Gasteiger partial charge on any atom is 0.340 e. The van der Waals surface area contributed by atoms with Crippen LogP contribution in [0, 0.1) is 13.8 Å². The summed E-state index contributed by atoms with van der Waals surface area (Å²) in [4.78, 5) is 28.9. The molecule has 0 unspecified atom stereocenters. The van der Waals surface area contributed by atoms with E-state index in [0.717, 1.165) is 0 Å². The van der Waals surface area contributed by atoms with Crippen molar-refractivity contribution >= 4 is 11.9 Å². The number of hydrogen-bond donors (Lipinski definition) is 1. The van der Waals surface area contributed by atoms with E-state index in [1.807, 2.05) is 13.8 Å². The number of carbonyl (C=O) groups excluding carboxylic acids is 2. The molecule has 0 aliphatic carbocycles. The molecule has 19 heavy (non-hydrogen) atoms. The highest BCUT2D eigenvalue weighted by Gasteiger charge is 2.24. The molecule has 0 atom stereocenters. The fourth-order valence-electron chi connectivity index (χ4n) is 2.14. The van der Waals surface area contributed by atoms with Gasteiger partial charge in [0, 0.05) is 18.8 Å². The fourth-order valence-corrected chi connectivity index (χ4v) is 2.14. The van der Waals surface area contributed by atoms with Crippen LogP contribution < -0.4 is 0 Å². The van der Waals surface area contributed by atoms with Crippen LogP contribution in [0.15, 0.2) is 0 Å². The van der Waals surface area contributed by atoms with Gasteiger partial charge in [0.1, 0.15) is 5.69 Å². The predicted molar refractivity (Wildman–Crippen MR) is 73.5 cm³/mol. The minimum Gasteiger partial charge on any atom is -0.462 e. The van der Waals surface area contributed by atoms with Gasteiger partial charge in [-0.25, -0.2) is 4.79 Å². The van der Waals surface area contributed by atoms with Crippen LogP contribution in [0.3, 0.4) is 0 Å². The Hall–Kier alpha value is -1.78. The lowest BCUT2D eigenvalue weighted by molar-refractivity contribution is 0.0525. The Labute approximate surface area is 113 Å². The summed E-state index contributed by atoms with van der Waals surface area (Å²) in [5.41, 5.74) is 2.28. The third-order valence-electron chi connectivity index (χ3n) is 3.18. The monoisotopic (exact) mass is 266 g/mol. The number of esters is 1. The number of nitrogens with one attached hydrogen (secondary N) is 1. The van der Waals surface area contributed by atoms with Gasteiger partial charge in [0.25, 0.3) is 5.91 Å². The summed E-state index contributed by atoms with van der Waals surface area (Å²) in [6, 6.07) is 0. The van der Waals surface area contributed by atoms with E-state index in [2.05, 4.69) is 4.98 Å². The normalized spacial score (nSPS) is 10.4. The first-order chi connectivity index (χ1) is 8.97. The first-order valence-corrected chi connectivity index (χ1v) is 6.63. The smallest absolute Gasteiger partial charge is 0.340 e. The summed E-state index contributed by atoms with van der Waals surface area (Å²) in [6.07, 6.45) is 0. The highest BCUT2D eigenvalue weighted by Crippen LogP contribution is 2.20. The van der Waals surface area contributed by atoms with E-state index in [9.17, 15) is 9.59 Å². The summed E-state index contributed by atoms with van der Waals surface area (Å²) in [6.45, 7) is 10.8. The quantitative estimate of drug-likeness (QED) is 0.832. The summed E-state index contributed by atoms with van der Waals surface area (Å²) >= 11 is 0. The Kier molecular flexibility index (Phi) is 5.15. The number of carbonyl (C=O) groups is 2. The molecular weight excluding hydrogens is 244 g/mol. The molecule has 0 spiro atoms. The molecule has 0 radical (unpaired) electrons. The van der Waals surface area contributed by atoms with Crippen molar-refractivity contribution in [2.75, 3.05) is 19.7 Å². The van der Waals surface area contributed by atoms with Crippen LogP contribution in [0.2, 0.25) is 0 Å². The first kappa shape index (κ1) is 15.3. The number of hydrogen-bond acceptors (Lipinski definition) is 3. The van der Waals surface area contributed by atoms with Gasteiger partial charge >= 0.3 is 5.97 Å². The highest BCUT2D eigenvalue weighted by molar-refractivity contribution is 6.00. The summed E-state index contributed by atoms with van der Waals surface area (Å²) < 4.78 is 5.01. The number of nitrogens with zero attached hydrogens (tertiary/aromatic N) is 1. The van der Waals surface area contributed by atoms with Crippen molar-refractivity contribution in [2.45, 2.75) is 34.6 Å². The molecule has 0 saturated carbocycles. The molecule has 1 heterocycles. The Bertz CT molecular complexity index is 473. The molecule has 0 aliphatic heterocycles. The van der Waals surface area contributed by atoms with E-state index in [-0.39, 0.29) is 11.9 Å². The molecule has 106 valence electrons. The second-order valence-electron chi connectivity index (χ2n) is 4.32. The topological polar surface area (TPSA) is 62.4 Å². The van der Waals surface area contributed by atoms with E-state index in [1.54, 1.807) is 25.7 Å². The molecule has 1 N–H and O–H groups in total. The molecule has 0 aromatic carbocycles. The molecule has 0 aliphatic rings. The first-order valence-electron chi connectivity index (χ1n) is 6.63. The van der Waals surface area contributed by atoms with Crippen LogP contribution in [-0.2, 0) is 4.74 Å². The van der Waals surface area contributed by atoms with Crippen molar-refractivity contribution in [3.05, 3.63) is 22.5 Å². The summed E-state index contributed by atoms with van der Waals surface area (Å²) in [5, 5.41) is 0. The van der Waals surface area contributed by atoms with Gasteiger partial charge in [0.15, 0.2) is 0 Å². The number of aromatic amines is 1. The highest BCUT2D eigenvalue weighted by atomic mass is 16.5. The van der Waals surface area contributed by atoms with Crippen molar-refractivity contribution in [3.63, 3.8) is 0 Å². The molecule has 0 fully saturated rings. The minimum atomic E-state index is -0.382. The maximum atomic E-state index is 12.3. The van der Waals surface area contributed by atoms with Crippen molar-refractivity contribution in [1.29, 1.82) is 0 Å². The third kappa shape index (κ3) is 2.97. The molecular formula is C14H22N2O3. The van der Waals surface area contributed by atoms with Gasteiger partial charge < -0.3 is 14.6 Å². The molecule has 0 bridgehead atoms. The lowest BCUT2D eigenvalue weighted by Crippen LogP contribution is -2.31. The van der Waals surface area contributed by atoms with Crippen LogP contribution >= 0.6 is 0 Å². The number of amides is 1. The second kappa shape index (κ2) is 6.41. The van der Waals surface area contributed by atoms with Crippen LogP contribution in [0.5, 0.6) is 0 Å². The van der Waals surface area contributed by atoms with Gasteiger partial charge in [0.05, 0.1) is 12.2 Å². The van der Waals surface area contributed by atoms with Crippen molar-refractivity contribution in [3.8, 4) is 0 Å². The van der Waals surface area contributed by atoms with E-state index >= 15 is 0 Å². The van der Waals surface area contributed by atoms with Crippen molar-refractivity contribution < 1.29 is 14.3 Å².